The van der Waals surface area contributed by atoms with E-state index in [0.717, 1.165) is 47.2 Å². The van der Waals surface area contributed by atoms with Gasteiger partial charge in [0.1, 0.15) is 12.1 Å². The van der Waals surface area contributed by atoms with Crippen LogP contribution in [0, 0.1) is 30.7 Å². The van der Waals surface area contributed by atoms with E-state index in [1.54, 1.807) is 17.7 Å². The molecule has 0 atom stereocenters. The number of hydrogen-bond donors (Lipinski definition) is 1. The maximum Gasteiger partial charge on any atom is 0.164 e. The van der Waals surface area contributed by atoms with Crippen molar-refractivity contribution in [2.75, 3.05) is 0 Å². The van der Waals surface area contributed by atoms with Crippen LogP contribution in [0.25, 0.3) is 51.7 Å². The van der Waals surface area contributed by atoms with E-state index in [1.165, 1.54) is 52.3 Å². The van der Waals surface area contributed by atoms with E-state index in [9.17, 15) is 9.90 Å². The van der Waals surface area contributed by atoms with Gasteiger partial charge in [-0.2, -0.15) is 11.3 Å². The quantitative estimate of drug-likeness (QED) is 0.0939. The number of thiophene rings is 3. The number of benzene rings is 2. The molecular formula is C41H49IrN2O2S3-. The molecule has 4 nitrogen and oxygen atoms in total. The largest absolute Gasteiger partial charge is 0.512 e. The zero-order valence-electron chi connectivity index (χ0n) is 30.7. The zero-order valence-corrected chi connectivity index (χ0v) is 35.5. The molecule has 8 heteroatoms. The second-order valence-electron chi connectivity index (χ2n) is 14.5. The third kappa shape index (κ3) is 7.32. The van der Waals surface area contributed by atoms with Crippen LogP contribution in [0.2, 0.25) is 0 Å². The number of aryl methyl sites for hydroxylation is 2. The Bertz CT molecular complexity index is 2150. The number of fused-ring (bicyclic) bond motifs is 6. The van der Waals surface area contributed by atoms with Gasteiger partial charge in [0, 0.05) is 57.7 Å². The average molecular weight is 890 g/mol. The van der Waals surface area contributed by atoms with E-state index >= 15 is 0 Å². The van der Waals surface area contributed by atoms with Gasteiger partial charge in [-0.15, -0.1) is 46.3 Å². The van der Waals surface area contributed by atoms with Crippen LogP contribution in [-0.4, -0.2) is 20.9 Å². The summed E-state index contributed by atoms with van der Waals surface area (Å²) in [4.78, 5) is 23.0. The van der Waals surface area contributed by atoms with Crippen LogP contribution in [0.4, 0.5) is 0 Å². The smallest absolute Gasteiger partial charge is 0.164 e. The molecule has 4 heterocycles. The fourth-order valence-electron chi connectivity index (χ4n) is 6.00. The molecule has 0 aliphatic heterocycles. The number of nitrogens with zero attached hydrogens (tertiary/aromatic N) is 2. The van der Waals surface area contributed by atoms with Gasteiger partial charge in [0.25, 0.3) is 0 Å². The SMILES string of the molecule is CCC(C)(CC)C(=O)/C=C(\O)C(C)(CC)CC.Cc1sc2c(ccc3c4ncnc(-c5[c-]c6ccsc6c(C(C)(C)C)c5)c4sc32)c1C.[Ir]. The molecule has 49 heavy (non-hydrogen) atoms. The molecule has 4 aromatic heterocycles. The Kier molecular flexibility index (Phi) is 12.0. The molecule has 0 spiro atoms. The predicted octanol–water partition coefficient (Wildman–Crippen LogP) is 13.3. The standard InChI is InChI=1S/C26H21N2S3.C15H28O2.Ir/c1-13-14(2)30-23-17(13)6-7-18-21-25(31-24(18)23)20(27-12-28-21)16-10-15-8-9-29-22(15)19(11-16)26(3,4)5;1-7-14(5,8-2)12(16)11-13(17)15(6,9-3)10-4;/h6-9,11-12H,1-5H3;11,16H,7-10H2,1-6H3;/q-1;;/b;12-11-;. The van der Waals surface area contributed by atoms with Gasteiger partial charge >= 0.3 is 0 Å². The van der Waals surface area contributed by atoms with E-state index in [0.29, 0.717) is 0 Å². The molecule has 0 fully saturated rings. The van der Waals surface area contributed by atoms with Crippen LogP contribution in [0.5, 0.6) is 0 Å². The predicted molar refractivity (Wildman–Crippen MR) is 211 cm³/mol. The number of aromatic nitrogens is 2. The van der Waals surface area contributed by atoms with Crippen molar-refractivity contribution in [3.63, 3.8) is 0 Å². The summed E-state index contributed by atoms with van der Waals surface area (Å²) in [5.41, 5.74) is 5.29. The molecule has 0 aliphatic rings. The Morgan fingerprint density at radius 3 is 2.06 bits per heavy atom. The molecule has 2 aromatic carbocycles. The first-order valence-electron chi connectivity index (χ1n) is 17.1. The van der Waals surface area contributed by atoms with Crippen molar-refractivity contribution in [3.05, 3.63) is 69.9 Å². The summed E-state index contributed by atoms with van der Waals surface area (Å²) in [6, 6.07) is 12.6. The van der Waals surface area contributed by atoms with Gasteiger partial charge in [-0.1, -0.05) is 85.6 Å². The van der Waals surface area contributed by atoms with Gasteiger partial charge in [-0.3, -0.25) is 9.78 Å². The molecule has 0 saturated carbocycles. The summed E-state index contributed by atoms with van der Waals surface area (Å²) >= 11 is 5.51. The summed E-state index contributed by atoms with van der Waals surface area (Å²) < 4.78 is 5.17. The summed E-state index contributed by atoms with van der Waals surface area (Å²) in [5.74, 6) is 0.286. The monoisotopic (exact) mass is 890 g/mol. The maximum absolute atomic E-state index is 12.2. The summed E-state index contributed by atoms with van der Waals surface area (Å²) in [7, 11) is 0. The van der Waals surface area contributed by atoms with Crippen LogP contribution in [-0.2, 0) is 30.3 Å². The summed E-state index contributed by atoms with van der Waals surface area (Å²) in [6.45, 7) is 23.3. The van der Waals surface area contributed by atoms with Gasteiger partial charge in [0.05, 0.1) is 14.9 Å². The van der Waals surface area contributed by atoms with Crippen molar-refractivity contribution in [2.45, 2.75) is 107 Å². The van der Waals surface area contributed by atoms with Crippen LogP contribution < -0.4 is 0 Å². The molecule has 0 bridgehead atoms. The van der Waals surface area contributed by atoms with Crippen LogP contribution >= 0.6 is 34.0 Å². The Labute approximate surface area is 317 Å². The van der Waals surface area contributed by atoms with Crippen LogP contribution in [0.15, 0.2) is 47.8 Å². The summed E-state index contributed by atoms with van der Waals surface area (Å²) in [6.07, 6.45) is 6.46. The topological polar surface area (TPSA) is 63.1 Å². The molecular weight excluding hydrogens is 841 g/mol. The minimum atomic E-state index is -0.337. The van der Waals surface area contributed by atoms with E-state index in [-0.39, 0.29) is 47.9 Å². The van der Waals surface area contributed by atoms with E-state index in [1.807, 2.05) is 64.2 Å². The van der Waals surface area contributed by atoms with Crippen molar-refractivity contribution in [2.24, 2.45) is 10.8 Å². The molecule has 1 N–H and O–H groups in total. The van der Waals surface area contributed by atoms with Gasteiger partial charge in [0.2, 0.25) is 0 Å². The molecule has 263 valence electrons. The first kappa shape index (κ1) is 39.3. The zero-order chi connectivity index (χ0) is 35.2. The number of carbonyl (C=O) groups excluding carboxylic acids is 1. The summed E-state index contributed by atoms with van der Waals surface area (Å²) in [5, 5.41) is 16.1. The van der Waals surface area contributed by atoms with Crippen molar-refractivity contribution in [1.82, 2.24) is 9.97 Å². The molecule has 0 aliphatic carbocycles. The Morgan fingerprint density at radius 1 is 0.837 bits per heavy atom. The molecule has 0 unspecified atom stereocenters. The van der Waals surface area contributed by atoms with E-state index in [4.69, 9.17) is 9.97 Å². The first-order chi connectivity index (χ1) is 22.6. The Balaban J connectivity index is 0.000000260. The van der Waals surface area contributed by atoms with Crippen LogP contribution in [0.1, 0.15) is 104 Å². The van der Waals surface area contributed by atoms with Crippen molar-refractivity contribution in [3.8, 4) is 11.3 Å². The molecule has 6 aromatic rings. The minimum absolute atomic E-state index is 0. The third-order valence-corrected chi connectivity index (χ3v) is 14.2. The minimum Gasteiger partial charge on any atom is -0.512 e. The fourth-order valence-corrected chi connectivity index (χ4v) is 9.63. The van der Waals surface area contributed by atoms with Crippen LogP contribution in [0.3, 0.4) is 0 Å². The normalized spacial score (nSPS) is 12.8. The first-order valence-corrected chi connectivity index (χ1v) is 19.6. The molecule has 0 saturated heterocycles. The number of carbonyl (C=O) groups is 1. The van der Waals surface area contributed by atoms with Gasteiger partial charge < -0.3 is 5.11 Å². The molecule has 0 amide bonds. The number of rotatable bonds is 8. The van der Waals surface area contributed by atoms with Gasteiger partial charge in [-0.25, -0.2) is 4.98 Å². The van der Waals surface area contributed by atoms with Crippen molar-refractivity contribution < 1.29 is 30.0 Å². The number of aliphatic hydroxyl groups excluding tert-OH is 1. The molecule has 6 rings (SSSR count). The van der Waals surface area contributed by atoms with Crippen molar-refractivity contribution in [1.29, 1.82) is 0 Å². The van der Waals surface area contributed by atoms with E-state index in [2.05, 4.69) is 70.3 Å². The second kappa shape index (κ2) is 15.0. The number of allylic oxidation sites excluding steroid dienone is 2. The number of aliphatic hydroxyl groups is 1. The average Bonchev–Trinajstić information content (AvgIpc) is 3.78. The second-order valence-corrected chi connectivity index (χ2v) is 17.7. The molecule has 1 radical (unpaired) electrons. The number of hydrogen-bond acceptors (Lipinski definition) is 7. The number of ketones is 1. The Morgan fingerprint density at radius 2 is 1.45 bits per heavy atom. The third-order valence-electron chi connectivity index (χ3n) is 10.7. The fraction of sp³-hybridized carbons (Fsp3) is 0.439. The van der Waals surface area contributed by atoms with E-state index < -0.39 is 0 Å². The van der Waals surface area contributed by atoms with Gasteiger partial charge in [0.15, 0.2) is 5.78 Å². The van der Waals surface area contributed by atoms with Crippen molar-refractivity contribution >= 4 is 80.3 Å². The maximum atomic E-state index is 12.2. The Hall–Kier alpha value is -2.48. The van der Waals surface area contributed by atoms with Gasteiger partial charge in [-0.05, 0) is 66.0 Å².